The molecule has 1 atom stereocenters. The fourth-order valence-electron chi connectivity index (χ4n) is 4.53. The van der Waals surface area contributed by atoms with Crippen LogP contribution in [-0.2, 0) is 11.3 Å². The summed E-state index contributed by atoms with van der Waals surface area (Å²) < 4.78 is 17.4. The first-order valence-corrected chi connectivity index (χ1v) is 12.3. The van der Waals surface area contributed by atoms with E-state index in [4.69, 9.17) is 19.2 Å². The Balaban J connectivity index is 1.71. The molecule has 1 saturated heterocycles. The molecule has 0 saturated carbocycles. The molecule has 2 aromatic carbocycles. The quantitative estimate of drug-likeness (QED) is 0.435. The first kappa shape index (κ1) is 24.9. The van der Waals surface area contributed by atoms with Crippen molar-refractivity contribution in [2.45, 2.75) is 45.4 Å². The van der Waals surface area contributed by atoms with Gasteiger partial charge in [0, 0.05) is 37.2 Å². The lowest BCUT2D eigenvalue weighted by Gasteiger charge is -2.37. The number of carbonyl (C=O) groups excluding carboxylic acids is 1. The summed E-state index contributed by atoms with van der Waals surface area (Å²) in [6.45, 7) is 7.12. The lowest BCUT2D eigenvalue weighted by atomic mass is 10.0. The van der Waals surface area contributed by atoms with Gasteiger partial charge >= 0.3 is 0 Å². The van der Waals surface area contributed by atoms with E-state index in [1.807, 2.05) is 53.4 Å². The van der Waals surface area contributed by atoms with Crippen LogP contribution in [0, 0.1) is 0 Å². The van der Waals surface area contributed by atoms with Gasteiger partial charge in [-0.25, -0.2) is 4.98 Å². The van der Waals surface area contributed by atoms with Crippen LogP contribution in [0.15, 0.2) is 54.6 Å². The molecule has 1 N–H and O–H groups in total. The molecule has 1 aliphatic rings. The van der Waals surface area contributed by atoms with Crippen LogP contribution >= 0.6 is 0 Å². The summed E-state index contributed by atoms with van der Waals surface area (Å²) in [6, 6.07) is 17.7. The number of aromatic nitrogens is 1. The second-order valence-electron chi connectivity index (χ2n) is 9.08. The van der Waals surface area contributed by atoms with Crippen molar-refractivity contribution in [3.8, 4) is 11.5 Å². The van der Waals surface area contributed by atoms with E-state index in [-0.39, 0.29) is 18.0 Å². The standard InChI is InChI=1S/C28H35N3O4/c1-20(2)31(22-11-8-14-29-18-22)28(32)24-17-26(34-16-15-33-3)23-12-7-13-25(27(23)30-24)35-19-21-9-5-4-6-10-21/h4-7,9-10,12-13,17,20,22,29H,8,11,14-16,18-19H2,1-3H3/t22-/m1/s1. The van der Waals surface area contributed by atoms with Gasteiger partial charge < -0.3 is 24.4 Å². The number of carbonyl (C=O) groups is 1. The van der Waals surface area contributed by atoms with Crippen LogP contribution < -0.4 is 14.8 Å². The Morgan fingerprint density at radius 3 is 2.63 bits per heavy atom. The molecule has 0 spiro atoms. The number of methoxy groups -OCH3 is 1. The van der Waals surface area contributed by atoms with Gasteiger partial charge in [-0.15, -0.1) is 0 Å². The Morgan fingerprint density at radius 1 is 1.09 bits per heavy atom. The third-order valence-corrected chi connectivity index (χ3v) is 6.22. The number of hydrogen-bond acceptors (Lipinski definition) is 6. The van der Waals surface area contributed by atoms with Gasteiger partial charge in [-0.05, 0) is 50.9 Å². The van der Waals surface area contributed by atoms with Gasteiger partial charge in [-0.3, -0.25) is 4.79 Å². The van der Waals surface area contributed by atoms with Crippen molar-refractivity contribution in [3.63, 3.8) is 0 Å². The Kier molecular flexibility index (Phi) is 8.55. The molecule has 35 heavy (non-hydrogen) atoms. The van der Waals surface area contributed by atoms with Crippen LogP contribution in [0.5, 0.6) is 11.5 Å². The molecular formula is C28H35N3O4. The number of nitrogens with one attached hydrogen (secondary N) is 1. The third-order valence-electron chi connectivity index (χ3n) is 6.22. The zero-order valence-corrected chi connectivity index (χ0v) is 20.8. The number of pyridine rings is 1. The predicted octanol–water partition coefficient (Wildman–Crippen LogP) is 4.44. The second kappa shape index (κ2) is 12.0. The summed E-state index contributed by atoms with van der Waals surface area (Å²) >= 11 is 0. The average molecular weight is 478 g/mol. The van der Waals surface area contributed by atoms with Crippen molar-refractivity contribution in [3.05, 3.63) is 65.9 Å². The number of rotatable bonds is 10. The molecule has 2 heterocycles. The molecule has 1 amide bonds. The largest absolute Gasteiger partial charge is 0.490 e. The summed E-state index contributed by atoms with van der Waals surface area (Å²) in [5, 5.41) is 4.22. The highest BCUT2D eigenvalue weighted by atomic mass is 16.5. The van der Waals surface area contributed by atoms with Crippen molar-refractivity contribution in [2.24, 2.45) is 0 Å². The smallest absolute Gasteiger partial charge is 0.273 e. The van der Waals surface area contributed by atoms with E-state index in [0.717, 1.165) is 36.9 Å². The summed E-state index contributed by atoms with van der Waals surface area (Å²) in [5.41, 5.74) is 2.04. The Labute approximate surface area is 207 Å². The first-order chi connectivity index (χ1) is 17.1. The van der Waals surface area contributed by atoms with Gasteiger partial charge in [0.1, 0.15) is 35.9 Å². The molecule has 7 heteroatoms. The monoisotopic (exact) mass is 477 g/mol. The predicted molar refractivity (Wildman–Crippen MR) is 137 cm³/mol. The normalized spacial score (nSPS) is 15.8. The summed E-state index contributed by atoms with van der Waals surface area (Å²) in [4.78, 5) is 20.6. The highest BCUT2D eigenvalue weighted by molar-refractivity contribution is 5.98. The molecule has 4 rings (SSSR count). The van der Waals surface area contributed by atoms with Crippen LogP contribution in [0.3, 0.4) is 0 Å². The van der Waals surface area contributed by atoms with Crippen molar-refractivity contribution >= 4 is 16.8 Å². The summed E-state index contributed by atoms with van der Waals surface area (Å²) in [5.74, 6) is 1.13. The SMILES string of the molecule is COCCOc1cc(C(=O)N(C(C)C)[C@@H]2CCCNC2)nc2c(OCc3ccccc3)cccc12. The van der Waals surface area contributed by atoms with E-state index in [0.29, 0.717) is 42.5 Å². The van der Waals surface area contributed by atoms with Crippen molar-refractivity contribution in [1.82, 2.24) is 15.2 Å². The van der Waals surface area contributed by atoms with E-state index in [9.17, 15) is 4.79 Å². The van der Waals surface area contributed by atoms with Gasteiger partial charge in [0.05, 0.1) is 6.61 Å². The van der Waals surface area contributed by atoms with Crippen molar-refractivity contribution in [2.75, 3.05) is 33.4 Å². The molecule has 0 radical (unpaired) electrons. The fourth-order valence-corrected chi connectivity index (χ4v) is 4.53. The first-order valence-electron chi connectivity index (χ1n) is 12.3. The number of fused-ring (bicyclic) bond motifs is 1. The number of ether oxygens (including phenoxy) is 3. The number of nitrogens with zero attached hydrogens (tertiary/aromatic N) is 2. The van der Waals surface area contributed by atoms with Gasteiger partial charge in [-0.1, -0.05) is 36.4 Å². The fraction of sp³-hybridized carbons (Fsp3) is 0.429. The highest BCUT2D eigenvalue weighted by Gasteiger charge is 2.30. The third kappa shape index (κ3) is 6.10. The summed E-state index contributed by atoms with van der Waals surface area (Å²) in [7, 11) is 1.64. The zero-order chi connectivity index (χ0) is 24.6. The maximum atomic E-state index is 13.8. The van der Waals surface area contributed by atoms with Crippen LogP contribution in [0.1, 0.15) is 42.7 Å². The van der Waals surface area contributed by atoms with Crippen LogP contribution in [0.4, 0.5) is 0 Å². The molecule has 186 valence electrons. The van der Waals surface area contributed by atoms with Crippen LogP contribution in [-0.4, -0.2) is 61.3 Å². The zero-order valence-electron chi connectivity index (χ0n) is 20.8. The molecule has 1 aromatic heterocycles. The van der Waals surface area contributed by atoms with E-state index >= 15 is 0 Å². The van der Waals surface area contributed by atoms with E-state index < -0.39 is 0 Å². The molecule has 7 nitrogen and oxygen atoms in total. The average Bonchev–Trinajstić information content (AvgIpc) is 2.88. The Morgan fingerprint density at radius 2 is 1.91 bits per heavy atom. The van der Waals surface area contributed by atoms with Gasteiger partial charge in [0.15, 0.2) is 0 Å². The molecule has 0 aliphatic carbocycles. The second-order valence-corrected chi connectivity index (χ2v) is 9.08. The van der Waals surface area contributed by atoms with Crippen LogP contribution in [0.25, 0.3) is 10.9 Å². The van der Waals surface area contributed by atoms with Crippen molar-refractivity contribution in [1.29, 1.82) is 0 Å². The van der Waals surface area contributed by atoms with E-state index in [1.54, 1.807) is 13.2 Å². The highest BCUT2D eigenvalue weighted by Crippen LogP contribution is 2.33. The van der Waals surface area contributed by atoms with E-state index in [1.165, 1.54) is 0 Å². The van der Waals surface area contributed by atoms with Crippen molar-refractivity contribution < 1.29 is 19.0 Å². The number of hydrogen-bond donors (Lipinski definition) is 1. The molecule has 1 fully saturated rings. The van der Waals surface area contributed by atoms with E-state index in [2.05, 4.69) is 19.2 Å². The number of para-hydroxylation sites is 1. The van der Waals surface area contributed by atoms with Gasteiger partial charge in [0.2, 0.25) is 0 Å². The minimum atomic E-state index is -0.0925. The van der Waals surface area contributed by atoms with Gasteiger partial charge in [0.25, 0.3) is 5.91 Å². The Bertz CT molecular complexity index is 1110. The summed E-state index contributed by atoms with van der Waals surface area (Å²) in [6.07, 6.45) is 2.03. The van der Waals surface area contributed by atoms with Gasteiger partial charge in [-0.2, -0.15) is 0 Å². The number of benzene rings is 2. The Hall–Kier alpha value is -3.16. The maximum absolute atomic E-state index is 13.8. The molecule has 3 aromatic rings. The molecule has 1 aliphatic heterocycles. The van der Waals surface area contributed by atoms with Crippen LogP contribution in [0.2, 0.25) is 0 Å². The lowest BCUT2D eigenvalue weighted by molar-refractivity contribution is 0.0567. The minimum Gasteiger partial charge on any atom is -0.490 e. The number of piperidine rings is 1. The number of amides is 1. The molecular weight excluding hydrogens is 442 g/mol. The molecule has 0 unspecified atom stereocenters. The molecule has 0 bridgehead atoms. The minimum absolute atomic E-state index is 0.0485. The lowest BCUT2D eigenvalue weighted by Crippen LogP contribution is -2.51. The maximum Gasteiger partial charge on any atom is 0.273 e. The topological polar surface area (TPSA) is 72.9 Å².